The zero-order valence-electron chi connectivity index (χ0n) is 10.7. The lowest BCUT2D eigenvalue weighted by Gasteiger charge is -2.13. The fourth-order valence-electron chi connectivity index (χ4n) is 2.05. The Kier molecular flexibility index (Phi) is 3.48. The number of anilines is 2. The Hall–Kier alpha value is -1.76. The lowest BCUT2D eigenvalue weighted by atomic mass is 10.1. The van der Waals surface area contributed by atoms with E-state index < -0.39 is 0 Å². The lowest BCUT2D eigenvalue weighted by Crippen LogP contribution is -1.97. The Morgan fingerprint density at radius 1 is 0.941 bits per heavy atom. The minimum Gasteiger partial charge on any atom is -0.355 e. The zero-order valence-corrected chi connectivity index (χ0v) is 10.7. The van der Waals surface area contributed by atoms with Crippen LogP contribution in [0.2, 0.25) is 0 Å². The molecule has 0 saturated carbocycles. The van der Waals surface area contributed by atoms with E-state index in [0.717, 1.165) is 6.42 Å². The second-order valence-electron chi connectivity index (χ2n) is 4.45. The van der Waals surface area contributed by atoms with Gasteiger partial charge in [0.05, 0.1) is 0 Å². The first-order chi connectivity index (χ1) is 8.20. The van der Waals surface area contributed by atoms with Crippen molar-refractivity contribution in [2.24, 2.45) is 0 Å². The molecule has 0 saturated heterocycles. The van der Waals surface area contributed by atoms with Crippen LogP contribution >= 0.6 is 0 Å². The molecule has 0 amide bonds. The average molecular weight is 225 g/mol. The quantitative estimate of drug-likeness (QED) is 0.804. The van der Waals surface area contributed by atoms with Gasteiger partial charge < -0.3 is 5.32 Å². The summed E-state index contributed by atoms with van der Waals surface area (Å²) in [6.07, 6.45) is 1.05. The molecule has 0 unspecified atom stereocenters. The summed E-state index contributed by atoms with van der Waals surface area (Å²) in [6.45, 7) is 6.45. The summed E-state index contributed by atoms with van der Waals surface area (Å²) in [7, 11) is 0. The molecule has 2 rings (SSSR count). The number of hydrogen-bond acceptors (Lipinski definition) is 1. The van der Waals surface area contributed by atoms with Gasteiger partial charge in [0.2, 0.25) is 0 Å². The molecule has 0 aromatic heterocycles. The lowest BCUT2D eigenvalue weighted by molar-refractivity contribution is 1.14. The Morgan fingerprint density at radius 3 is 2.41 bits per heavy atom. The highest BCUT2D eigenvalue weighted by Gasteiger charge is 2.02. The summed E-state index contributed by atoms with van der Waals surface area (Å²) < 4.78 is 0. The molecule has 0 aliphatic rings. The fourth-order valence-corrected chi connectivity index (χ4v) is 2.05. The third-order valence-corrected chi connectivity index (χ3v) is 3.05. The minimum absolute atomic E-state index is 1.05. The van der Waals surface area contributed by atoms with Crippen molar-refractivity contribution < 1.29 is 0 Å². The summed E-state index contributed by atoms with van der Waals surface area (Å²) in [5.74, 6) is 0. The van der Waals surface area contributed by atoms with Gasteiger partial charge in [-0.15, -0.1) is 0 Å². The summed E-state index contributed by atoms with van der Waals surface area (Å²) in [5, 5.41) is 3.52. The van der Waals surface area contributed by atoms with Crippen LogP contribution in [-0.4, -0.2) is 0 Å². The number of para-hydroxylation sites is 1. The molecule has 17 heavy (non-hydrogen) atoms. The smallest absolute Gasteiger partial charge is 0.0416 e. The molecule has 1 heteroatoms. The molecule has 0 spiro atoms. The summed E-state index contributed by atoms with van der Waals surface area (Å²) >= 11 is 0. The van der Waals surface area contributed by atoms with Gasteiger partial charge in [-0.1, -0.05) is 42.8 Å². The number of benzene rings is 2. The molecule has 2 aromatic carbocycles. The fraction of sp³-hybridized carbons (Fsp3) is 0.250. The average Bonchev–Trinajstić information content (AvgIpc) is 2.33. The van der Waals surface area contributed by atoms with Crippen LogP contribution in [0.1, 0.15) is 23.6 Å². The predicted octanol–water partition coefficient (Wildman–Crippen LogP) is 4.61. The van der Waals surface area contributed by atoms with E-state index in [0.29, 0.717) is 0 Å². The van der Waals surface area contributed by atoms with Gasteiger partial charge in [-0.2, -0.15) is 0 Å². The van der Waals surface area contributed by atoms with Crippen molar-refractivity contribution in [2.45, 2.75) is 27.2 Å². The highest BCUT2D eigenvalue weighted by Crippen LogP contribution is 2.24. The van der Waals surface area contributed by atoms with Crippen molar-refractivity contribution in [3.05, 3.63) is 59.2 Å². The Bertz CT molecular complexity index is 515. The van der Waals surface area contributed by atoms with Gasteiger partial charge in [-0.05, 0) is 43.5 Å². The monoisotopic (exact) mass is 225 g/mol. The van der Waals surface area contributed by atoms with Crippen molar-refractivity contribution in [1.29, 1.82) is 0 Å². The van der Waals surface area contributed by atoms with E-state index in [2.05, 4.69) is 68.6 Å². The van der Waals surface area contributed by atoms with Gasteiger partial charge >= 0.3 is 0 Å². The van der Waals surface area contributed by atoms with Crippen molar-refractivity contribution in [2.75, 3.05) is 5.32 Å². The van der Waals surface area contributed by atoms with Crippen LogP contribution in [0.15, 0.2) is 42.5 Å². The summed E-state index contributed by atoms with van der Waals surface area (Å²) in [5.41, 5.74) is 6.35. The van der Waals surface area contributed by atoms with Crippen molar-refractivity contribution >= 4 is 11.4 Å². The highest BCUT2D eigenvalue weighted by atomic mass is 14.9. The van der Waals surface area contributed by atoms with Crippen LogP contribution < -0.4 is 5.32 Å². The second-order valence-corrected chi connectivity index (χ2v) is 4.45. The molecule has 0 bridgehead atoms. The van der Waals surface area contributed by atoms with Gasteiger partial charge in [-0.25, -0.2) is 0 Å². The predicted molar refractivity (Wildman–Crippen MR) is 75.0 cm³/mol. The van der Waals surface area contributed by atoms with Gasteiger partial charge in [0.15, 0.2) is 0 Å². The second kappa shape index (κ2) is 5.05. The van der Waals surface area contributed by atoms with Crippen molar-refractivity contribution in [3.8, 4) is 0 Å². The number of aryl methyl sites for hydroxylation is 3. The molecule has 0 fully saturated rings. The third kappa shape index (κ3) is 2.68. The Morgan fingerprint density at radius 2 is 1.71 bits per heavy atom. The maximum atomic E-state index is 3.52. The van der Waals surface area contributed by atoms with E-state index in [1.165, 1.54) is 28.1 Å². The van der Waals surface area contributed by atoms with E-state index in [1.807, 2.05) is 0 Å². The number of nitrogens with one attached hydrogen (secondary N) is 1. The van der Waals surface area contributed by atoms with E-state index in [9.17, 15) is 0 Å². The molecular weight excluding hydrogens is 206 g/mol. The van der Waals surface area contributed by atoms with Crippen molar-refractivity contribution in [3.63, 3.8) is 0 Å². The number of hydrogen-bond donors (Lipinski definition) is 1. The van der Waals surface area contributed by atoms with Gasteiger partial charge in [-0.3, -0.25) is 0 Å². The van der Waals surface area contributed by atoms with Crippen LogP contribution in [0.3, 0.4) is 0 Å². The van der Waals surface area contributed by atoms with Crippen molar-refractivity contribution in [1.82, 2.24) is 0 Å². The standard InChI is InChI=1S/C16H19N/c1-4-14-7-5-6-8-16(14)17-15-10-9-12(2)11-13(15)3/h5-11,17H,4H2,1-3H3. The maximum Gasteiger partial charge on any atom is 0.0416 e. The first kappa shape index (κ1) is 11.7. The molecule has 0 aliphatic heterocycles. The molecule has 0 atom stereocenters. The maximum absolute atomic E-state index is 3.52. The van der Waals surface area contributed by atoms with Crippen LogP contribution in [-0.2, 0) is 6.42 Å². The SMILES string of the molecule is CCc1ccccc1Nc1ccc(C)cc1C. The van der Waals surface area contributed by atoms with Gasteiger partial charge in [0, 0.05) is 11.4 Å². The summed E-state index contributed by atoms with van der Waals surface area (Å²) in [6, 6.07) is 15.0. The van der Waals surface area contributed by atoms with E-state index in [-0.39, 0.29) is 0 Å². The molecule has 0 heterocycles. The van der Waals surface area contributed by atoms with E-state index in [4.69, 9.17) is 0 Å². The highest BCUT2D eigenvalue weighted by molar-refractivity contribution is 5.66. The van der Waals surface area contributed by atoms with Gasteiger partial charge in [0.1, 0.15) is 0 Å². The minimum atomic E-state index is 1.05. The Balaban J connectivity index is 2.31. The van der Waals surface area contributed by atoms with E-state index >= 15 is 0 Å². The first-order valence-corrected chi connectivity index (χ1v) is 6.13. The van der Waals surface area contributed by atoms with Crippen LogP contribution in [0.4, 0.5) is 11.4 Å². The molecule has 2 aromatic rings. The zero-order chi connectivity index (χ0) is 12.3. The molecule has 0 radical (unpaired) electrons. The molecular formula is C16H19N. The Labute approximate surface area is 103 Å². The topological polar surface area (TPSA) is 12.0 Å². The van der Waals surface area contributed by atoms with Gasteiger partial charge in [0.25, 0.3) is 0 Å². The van der Waals surface area contributed by atoms with E-state index in [1.54, 1.807) is 0 Å². The molecule has 1 nitrogen and oxygen atoms in total. The third-order valence-electron chi connectivity index (χ3n) is 3.05. The van der Waals surface area contributed by atoms with Crippen LogP contribution in [0.25, 0.3) is 0 Å². The number of rotatable bonds is 3. The first-order valence-electron chi connectivity index (χ1n) is 6.13. The molecule has 88 valence electrons. The molecule has 1 N–H and O–H groups in total. The summed E-state index contributed by atoms with van der Waals surface area (Å²) in [4.78, 5) is 0. The largest absolute Gasteiger partial charge is 0.355 e. The van der Waals surface area contributed by atoms with Crippen LogP contribution in [0, 0.1) is 13.8 Å². The van der Waals surface area contributed by atoms with Crippen LogP contribution in [0.5, 0.6) is 0 Å². The molecule has 0 aliphatic carbocycles. The normalized spacial score (nSPS) is 10.3.